The van der Waals surface area contributed by atoms with Crippen molar-refractivity contribution in [2.24, 2.45) is 4.99 Å². The second kappa shape index (κ2) is 11.5. The standard InChI is InChI=1S/C28H28N2O2S/c1-2-3-4-11-20-32-25-18-16-22(17-19-25)21-26-27(31)30(24-14-9-6-10-15-24)28(33-26)29-23-12-7-5-8-13-23/h5-10,12-19,21H,2-4,11,20H2,1H3/b26-21-,29-28?. The lowest BCUT2D eigenvalue weighted by Gasteiger charge is -2.15. The van der Waals surface area contributed by atoms with E-state index in [1.54, 1.807) is 4.90 Å². The zero-order chi connectivity index (χ0) is 22.9. The summed E-state index contributed by atoms with van der Waals surface area (Å²) >= 11 is 1.39. The van der Waals surface area contributed by atoms with Gasteiger partial charge in [-0.05, 0) is 66.2 Å². The second-order valence-corrected chi connectivity index (χ2v) is 8.80. The van der Waals surface area contributed by atoms with Crippen molar-refractivity contribution in [3.8, 4) is 5.75 Å². The van der Waals surface area contributed by atoms with Crippen molar-refractivity contribution in [2.45, 2.75) is 32.6 Å². The summed E-state index contributed by atoms with van der Waals surface area (Å²) in [6.07, 6.45) is 6.66. The molecule has 3 aromatic rings. The highest BCUT2D eigenvalue weighted by Gasteiger charge is 2.34. The molecule has 4 nitrogen and oxygen atoms in total. The Hall–Kier alpha value is -3.31. The van der Waals surface area contributed by atoms with Crippen molar-refractivity contribution in [1.29, 1.82) is 0 Å². The third kappa shape index (κ3) is 6.14. The van der Waals surface area contributed by atoms with Gasteiger partial charge in [-0.3, -0.25) is 9.69 Å². The quantitative estimate of drug-likeness (QED) is 0.248. The topological polar surface area (TPSA) is 41.9 Å². The minimum Gasteiger partial charge on any atom is -0.494 e. The zero-order valence-corrected chi connectivity index (χ0v) is 19.6. The Bertz CT molecular complexity index is 1110. The van der Waals surface area contributed by atoms with E-state index >= 15 is 0 Å². The minimum atomic E-state index is -0.0721. The smallest absolute Gasteiger partial charge is 0.271 e. The molecule has 0 aromatic heterocycles. The molecule has 1 aliphatic heterocycles. The third-order valence-electron chi connectivity index (χ3n) is 5.25. The number of benzene rings is 3. The van der Waals surface area contributed by atoms with E-state index in [1.807, 2.05) is 91.0 Å². The first-order valence-electron chi connectivity index (χ1n) is 11.4. The van der Waals surface area contributed by atoms with Crippen molar-refractivity contribution >= 4 is 40.3 Å². The number of nitrogens with zero attached hydrogens (tertiary/aromatic N) is 2. The summed E-state index contributed by atoms with van der Waals surface area (Å²) in [6, 6.07) is 27.3. The number of amidine groups is 1. The fraction of sp³-hybridized carbons (Fsp3) is 0.214. The van der Waals surface area contributed by atoms with E-state index in [4.69, 9.17) is 9.73 Å². The van der Waals surface area contributed by atoms with Crippen LogP contribution in [0.25, 0.3) is 6.08 Å². The van der Waals surface area contributed by atoms with Gasteiger partial charge in [-0.25, -0.2) is 4.99 Å². The van der Waals surface area contributed by atoms with Crippen molar-refractivity contribution in [3.05, 3.63) is 95.4 Å². The lowest BCUT2D eigenvalue weighted by molar-refractivity contribution is -0.113. The largest absolute Gasteiger partial charge is 0.494 e. The van der Waals surface area contributed by atoms with E-state index in [1.165, 1.54) is 31.0 Å². The number of ether oxygens (including phenoxy) is 1. The number of para-hydroxylation sites is 2. The van der Waals surface area contributed by atoms with Gasteiger partial charge in [0.2, 0.25) is 0 Å². The van der Waals surface area contributed by atoms with Crippen LogP contribution in [0.1, 0.15) is 38.2 Å². The molecule has 0 N–H and O–H groups in total. The van der Waals surface area contributed by atoms with E-state index in [9.17, 15) is 4.79 Å². The number of carbonyl (C=O) groups excluding carboxylic acids is 1. The Morgan fingerprint density at radius 2 is 1.58 bits per heavy atom. The van der Waals surface area contributed by atoms with Crippen LogP contribution in [-0.2, 0) is 4.79 Å². The predicted octanol–water partition coefficient (Wildman–Crippen LogP) is 7.45. The normalized spacial score (nSPS) is 16.0. The zero-order valence-electron chi connectivity index (χ0n) is 18.8. The van der Waals surface area contributed by atoms with E-state index in [2.05, 4.69) is 6.92 Å². The molecule has 0 saturated carbocycles. The first-order valence-corrected chi connectivity index (χ1v) is 12.2. The highest BCUT2D eigenvalue weighted by atomic mass is 32.2. The van der Waals surface area contributed by atoms with Gasteiger partial charge in [0, 0.05) is 0 Å². The van der Waals surface area contributed by atoms with Gasteiger partial charge in [0.1, 0.15) is 5.75 Å². The summed E-state index contributed by atoms with van der Waals surface area (Å²) in [4.78, 5) is 20.4. The summed E-state index contributed by atoms with van der Waals surface area (Å²) < 4.78 is 5.84. The molecular formula is C28H28N2O2S. The number of aliphatic imine (C=N–C) groups is 1. The highest BCUT2D eigenvalue weighted by Crippen LogP contribution is 2.37. The molecule has 0 unspecified atom stereocenters. The number of amides is 1. The third-order valence-corrected chi connectivity index (χ3v) is 6.22. The number of carbonyl (C=O) groups is 1. The Morgan fingerprint density at radius 3 is 2.27 bits per heavy atom. The van der Waals surface area contributed by atoms with Gasteiger partial charge in [-0.1, -0.05) is 74.7 Å². The second-order valence-electron chi connectivity index (χ2n) is 7.79. The van der Waals surface area contributed by atoms with Crippen LogP contribution >= 0.6 is 11.8 Å². The number of thioether (sulfide) groups is 1. The Morgan fingerprint density at radius 1 is 0.879 bits per heavy atom. The van der Waals surface area contributed by atoms with Crippen LogP contribution in [0.5, 0.6) is 5.75 Å². The molecule has 5 heteroatoms. The van der Waals surface area contributed by atoms with Crippen LogP contribution in [0.15, 0.2) is 94.8 Å². The highest BCUT2D eigenvalue weighted by molar-refractivity contribution is 8.19. The molecular weight excluding hydrogens is 428 g/mol. The van der Waals surface area contributed by atoms with Crippen molar-refractivity contribution < 1.29 is 9.53 Å². The lowest BCUT2D eigenvalue weighted by Crippen LogP contribution is -2.28. The average molecular weight is 457 g/mol. The minimum absolute atomic E-state index is 0.0721. The Kier molecular flexibility index (Phi) is 7.99. The maximum Gasteiger partial charge on any atom is 0.271 e. The number of unbranched alkanes of at least 4 members (excludes halogenated alkanes) is 3. The molecule has 1 aliphatic rings. The van der Waals surface area contributed by atoms with Gasteiger partial charge in [0.15, 0.2) is 5.17 Å². The van der Waals surface area contributed by atoms with Crippen LogP contribution in [0.4, 0.5) is 11.4 Å². The Balaban J connectivity index is 1.53. The van der Waals surface area contributed by atoms with Gasteiger partial charge in [0.05, 0.1) is 22.9 Å². The maximum atomic E-state index is 13.3. The van der Waals surface area contributed by atoms with Gasteiger partial charge < -0.3 is 4.74 Å². The molecule has 1 saturated heterocycles. The van der Waals surface area contributed by atoms with Crippen LogP contribution in [0, 0.1) is 0 Å². The average Bonchev–Trinajstić information content (AvgIpc) is 3.15. The van der Waals surface area contributed by atoms with Crippen LogP contribution < -0.4 is 9.64 Å². The number of anilines is 1. The molecule has 4 rings (SSSR count). The van der Waals surface area contributed by atoms with Gasteiger partial charge >= 0.3 is 0 Å². The van der Waals surface area contributed by atoms with Crippen molar-refractivity contribution in [3.63, 3.8) is 0 Å². The van der Waals surface area contributed by atoms with E-state index in [0.717, 1.165) is 35.7 Å². The van der Waals surface area contributed by atoms with E-state index < -0.39 is 0 Å². The molecule has 0 bridgehead atoms. The van der Waals surface area contributed by atoms with Gasteiger partial charge in [-0.15, -0.1) is 0 Å². The first kappa shape index (κ1) is 22.9. The van der Waals surface area contributed by atoms with Gasteiger partial charge in [0.25, 0.3) is 5.91 Å². The first-order chi connectivity index (χ1) is 16.2. The molecule has 0 radical (unpaired) electrons. The number of rotatable bonds is 9. The molecule has 33 heavy (non-hydrogen) atoms. The van der Waals surface area contributed by atoms with Crippen LogP contribution in [0.2, 0.25) is 0 Å². The summed E-state index contributed by atoms with van der Waals surface area (Å²) in [5.74, 6) is 0.786. The summed E-state index contributed by atoms with van der Waals surface area (Å²) in [5, 5.41) is 0.649. The molecule has 1 heterocycles. The summed E-state index contributed by atoms with van der Waals surface area (Å²) in [7, 11) is 0. The fourth-order valence-electron chi connectivity index (χ4n) is 3.50. The number of hydrogen-bond donors (Lipinski definition) is 0. The van der Waals surface area contributed by atoms with Crippen molar-refractivity contribution in [1.82, 2.24) is 0 Å². The lowest BCUT2D eigenvalue weighted by atomic mass is 10.2. The predicted molar refractivity (Wildman–Crippen MR) is 139 cm³/mol. The molecule has 0 spiro atoms. The van der Waals surface area contributed by atoms with Gasteiger partial charge in [-0.2, -0.15) is 0 Å². The van der Waals surface area contributed by atoms with E-state index in [-0.39, 0.29) is 5.91 Å². The van der Waals surface area contributed by atoms with Crippen LogP contribution in [0.3, 0.4) is 0 Å². The number of hydrogen-bond acceptors (Lipinski definition) is 4. The molecule has 1 amide bonds. The van der Waals surface area contributed by atoms with Crippen molar-refractivity contribution in [2.75, 3.05) is 11.5 Å². The molecule has 168 valence electrons. The molecule has 0 aliphatic carbocycles. The summed E-state index contributed by atoms with van der Waals surface area (Å²) in [5.41, 5.74) is 2.58. The fourth-order valence-corrected chi connectivity index (χ4v) is 4.50. The SMILES string of the molecule is CCCCCCOc1ccc(/C=C2\SC(=Nc3ccccc3)N(c3ccccc3)C2=O)cc1. The molecule has 1 fully saturated rings. The maximum absolute atomic E-state index is 13.3. The molecule has 3 aromatic carbocycles. The van der Waals surface area contributed by atoms with Crippen LogP contribution in [-0.4, -0.2) is 17.7 Å². The van der Waals surface area contributed by atoms with E-state index in [0.29, 0.717) is 10.1 Å². The molecule has 0 atom stereocenters. The summed E-state index contributed by atoms with van der Waals surface area (Å²) in [6.45, 7) is 2.94. The monoisotopic (exact) mass is 456 g/mol. The Labute approximate surface area is 200 Å².